The summed E-state index contributed by atoms with van der Waals surface area (Å²) in [6.07, 6.45) is 1.76. The monoisotopic (exact) mass is 300 g/mol. The molecule has 110 valence electrons. The van der Waals surface area contributed by atoms with Gasteiger partial charge in [-0.15, -0.1) is 0 Å². The van der Waals surface area contributed by atoms with Gasteiger partial charge in [0, 0.05) is 13.1 Å². The first-order valence-electron chi connectivity index (χ1n) is 6.20. The maximum Gasteiger partial charge on any atom is 0.341 e. The molecule has 7 nitrogen and oxygen atoms in total. The number of carboxylic acid groups (broad SMARTS) is 1. The molecule has 20 heavy (non-hydrogen) atoms. The molecule has 0 aliphatic carbocycles. The summed E-state index contributed by atoms with van der Waals surface area (Å²) in [7, 11) is -3.50. The van der Waals surface area contributed by atoms with Crippen molar-refractivity contribution in [3.8, 4) is 5.75 Å². The average Bonchev–Trinajstić information content (AvgIpc) is 2.92. The van der Waals surface area contributed by atoms with Gasteiger partial charge in [-0.2, -0.15) is 12.7 Å². The third-order valence-corrected chi connectivity index (χ3v) is 4.41. The molecule has 1 saturated heterocycles. The molecule has 1 heterocycles. The predicted molar refractivity (Wildman–Crippen MR) is 72.9 cm³/mol. The predicted octanol–water partition coefficient (Wildman–Crippen LogP) is 0.902. The second kappa shape index (κ2) is 6.10. The highest BCUT2D eigenvalue weighted by Crippen LogP contribution is 2.19. The quantitative estimate of drug-likeness (QED) is 0.814. The van der Waals surface area contributed by atoms with Crippen LogP contribution in [0.25, 0.3) is 0 Å². The highest BCUT2D eigenvalue weighted by atomic mass is 32.2. The number of rotatable bonds is 6. The molecule has 1 aliphatic heterocycles. The van der Waals surface area contributed by atoms with Crippen LogP contribution in [0.2, 0.25) is 0 Å². The van der Waals surface area contributed by atoms with E-state index < -0.39 is 22.8 Å². The lowest BCUT2D eigenvalue weighted by atomic mass is 10.3. The summed E-state index contributed by atoms with van der Waals surface area (Å²) in [5.41, 5.74) is 0.416. The van der Waals surface area contributed by atoms with Gasteiger partial charge in [0.05, 0.1) is 5.69 Å². The zero-order valence-corrected chi connectivity index (χ0v) is 11.6. The molecule has 0 aromatic heterocycles. The minimum Gasteiger partial charge on any atom is -0.482 e. The third-order valence-electron chi connectivity index (χ3n) is 2.87. The van der Waals surface area contributed by atoms with Gasteiger partial charge in [0.25, 0.3) is 0 Å². The number of carbonyl (C=O) groups is 1. The summed E-state index contributed by atoms with van der Waals surface area (Å²) in [5.74, 6) is -0.694. The van der Waals surface area contributed by atoms with E-state index in [0.717, 1.165) is 12.8 Å². The Morgan fingerprint density at radius 1 is 1.25 bits per heavy atom. The van der Waals surface area contributed by atoms with Gasteiger partial charge in [-0.1, -0.05) is 0 Å². The molecule has 0 amide bonds. The van der Waals surface area contributed by atoms with E-state index >= 15 is 0 Å². The SMILES string of the molecule is O=C(O)COc1ccc(NS(=O)(=O)N2CCCC2)cc1. The minimum absolute atomic E-state index is 0.372. The van der Waals surface area contributed by atoms with Crippen LogP contribution >= 0.6 is 0 Å². The van der Waals surface area contributed by atoms with E-state index in [-0.39, 0.29) is 0 Å². The topological polar surface area (TPSA) is 95.9 Å². The van der Waals surface area contributed by atoms with Crippen molar-refractivity contribution in [2.45, 2.75) is 12.8 Å². The number of nitrogens with zero attached hydrogens (tertiary/aromatic N) is 1. The van der Waals surface area contributed by atoms with Crippen LogP contribution in [0.4, 0.5) is 5.69 Å². The summed E-state index contributed by atoms with van der Waals surface area (Å²) in [5, 5.41) is 8.48. The highest BCUT2D eigenvalue weighted by molar-refractivity contribution is 7.90. The maximum atomic E-state index is 12.0. The van der Waals surface area contributed by atoms with Crippen molar-refractivity contribution in [3.05, 3.63) is 24.3 Å². The molecule has 0 spiro atoms. The number of anilines is 1. The first-order valence-corrected chi connectivity index (χ1v) is 7.64. The highest BCUT2D eigenvalue weighted by Gasteiger charge is 2.24. The molecule has 0 bridgehead atoms. The van der Waals surface area contributed by atoms with Crippen LogP contribution < -0.4 is 9.46 Å². The Bertz CT molecular complexity index is 564. The lowest BCUT2D eigenvalue weighted by Crippen LogP contribution is -2.33. The lowest BCUT2D eigenvalue weighted by Gasteiger charge is -2.16. The van der Waals surface area contributed by atoms with E-state index in [9.17, 15) is 13.2 Å². The maximum absolute atomic E-state index is 12.0. The number of aliphatic carboxylic acids is 1. The Labute approximate surface area is 117 Å². The van der Waals surface area contributed by atoms with E-state index in [1.165, 1.54) is 28.6 Å². The van der Waals surface area contributed by atoms with Crippen molar-refractivity contribution in [1.29, 1.82) is 0 Å². The second-order valence-corrected chi connectivity index (χ2v) is 6.09. The van der Waals surface area contributed by atoms with E-state index in [4.69, 9.17) is 9.84 Å². The van der Waals surface area contributed by atoms with Crippen LogP contribution in [-0.2, 0) is 15.0 Å². The van der Waals surface area contributed by atoms with Gasteiger partial charge in [0.1, 0.15) is 5.75 Å². The number of benzene rings is 1. The van der Waals surface area contributed by atoms with Crippen LogP contribution in [0.1, 0.15) is 12.8 Å². The van der Waals surface area contributed by atoms with Crippen LogP contribution in [0.5, 0.6) is 5.75 Å². The molecular weight excluding hydrogens is 284 g/mol. The number of hydrogen-bond donors (Lipinski definition) is 2. The van der Waals surface area contributed by atoms with Gasteiger partial charge in [-0.3, -0.25) is 4.72 Å². The minimum atomic E-state index is -3.50. The van der Waals surface area contributed by atoms with Crippen molar-refractivity contribution in [3.63, 3.8) is 0 Å². The summed E-state index contributed by atoms with van der Waals surface area (Å²) in [4.78, 5) is 10.4. The molecule has 0 saturated carbocycles. The van der Waals surface area contributed by atoms with Gasteiger partial charge >= 0.3 is 16.2 Å². The van der Waals surface area contributed by atoms with Gasteiger partial charge < -0.3 is 9.84 Å². The Morgan fingerprint density at radius 2 is 1.85 bits per heavy atom. The Kier molecular flexibility index (Phi) is 4.46. The largest absolute Gasteiger partial charge is 0.482 e. The zero-order chi connectivity index (χ0) is 14.6. The molecule has 1 aromatic rings. The van der Waals surface area contributed by atoms with Crippen LogP contribution in [0.15, 0.2) is 24.3 Å². The van der Waals surface area contributed by atoms with Crippen LogP contribution in [0.3, 0.4) is 0 Å². The summed E-state index contributed by atoms with van der Waals surface area (Å²) in [6.45, 7) is 0.642. The summed E-state index contributed by atoms with van der Waals surface area (Å²) in [6, 6.07) is 6.10. The normalized spacial score (nSPS) is 16.0. The fourth-order valence-electron chi connectivity index (χ4n) is 1.91. The van der Waals surface area contributed by atoms with E-state index in [1.54, 1.807) is 0 Å². The van der Waals surface area contributed by atoms with E-state index in [0.29, 0.717) is 24.5 Å². The van der Waals surface area contributed by atoms with Crippen molar-refractivity contribution in [2.75, 3.05) is 24.4 Å². The first kappa shape index (κ1) is 14.6. The third kappa shape index (κ3) is 3.84. The van der Waals surface area contributed by atoms with E-state index in [2.05, 4.69) is 4.72 Å². The number of nitrogens with one attached hydrogen (secondary N) is 1. The van der Waals surface area contributed by atoms with Crippen molar-refractivity contribution >= 4 is 21.9 Å². The zero-order valence-electron chi connectivity index (χ0n) is 10.8. The fourth-order valence-corrected chi connectivity index (χ4v) is 3.21. The molecule has 0 atom stereocenters. The Balaban J connectivity index is 1.98. The second-order valence-electron chi connectivity index (χ2n) is 4.42. The van der Waals surface area contributed by atoms with Crippen LogP contribution in [0, 0.1) is 0 Å². The van der Waals surface area contributed by atoms with E-state index in [1.807, 2.05) is 0 Å². The Hall–Kier alpha value is -1.80. The molecule has 2 N–H and O–H groups in total. The lowest BCUT2D eigenvalue weighted by molar-refractivity contribution is -0.139. The van der Waals surface area contributed by atoms with Gasteiger partial charge in [0.2, 0.25) is 0 Å². The molecule has 0 radical (unpaired) electrons. The van der Waals surface area contributed by atoms with Crippen molar-refractivity contribution in [1.82, 2.24) is 4.31 Å². The fraction of sp³-hybridized carbons (Fsp3) is 0.417. The summed E-state index contributed by atoms with van der Waals surface area (Å²) < 4.78 is 32.9. The standard InChI is InChI=1S/C12H16N2O5S/c15-12(16)9-19-11-5-3-10(4-6-11)13-20(17,18)14-7-1-2-8-14/h3-6,13H,1-2,7-9H2,(H,15,16). The number of hydrogen-bond acceptors (Lipinski definition) is 4. The van der Waals surface area contributed by atoms with Crippen molar-refractivity contribution < 1.29 is 23.1 Å². The molecule has 2 rings (SSSR count). The van der Waals surface area contributed by atoms with Gasteiger partial charge in [-0.25, -0.2) is 4.79 Å². The van der Waals surface area contributed by atoms with Crippen molar-refractivity contribution in [2.24, 2.45) is 0 Å². The summed E-state index contributed by atoms with van der Waals surface area (Å²) >= 11 is 0. The molecule has 1 aromatic carbocycles. The molecule has 1 aliphatic rings. The van der Waals surface area contributed by atoms with Gasteiger partial charge in [-0.05, 0) is 37.1 Å². The molecule has 1 fully saturated rings. The number of carboxylic acids is 1. The van der Waals surface area contributed by atoms with Gasteiger partial charge in [0.15, 0.2) is 6.61 Å². The van der Waals surface area contributed by atoms with Crippen LogP contribution in [-0.4, -0.2) is 43.5 Å². The smallest absolute Gasteiger partial charge is 0.341 e. The molecule has 8 heteroatoms. The molecule has 0 unspecified atom stereocenters. The first-order chi connectivity index (χ1) is 9.47. The number of ether oxygens (including phenoxy) is 1. The molecular formula is C12H16N2O5S. The average molecular weight is 300 g/mol. The Morgan fingerprint density at radius 3 is 2.40 bits per heavy atom.